The third-order valence-corrected chi connectivity index (χ3v) is 5.92. The quantitative estimate of drug-likeness (QED) is 0.140. The summed E-state index contributed by atoms with van der Waals surface area (Å²) in [6.45, 7) is 2.57. The SMILES string of the molecule is CCCCCCCC/C=C\CCCCCCCCC1=NC=C[N+]1(CCO)CC(=O)O. The highest BCUT2D eigenvalue weighted by atomic mass is 16.4. The summed E-state index contributed by atoms with van der Waals surface area (Å²) in [4.78, 5) is 15.6. The number of rotatable bonds is 20. The van der Waals surface area contributed by atoms with Crippen LogP contribution in [0.25, 0.3) is 0 Å². The molecule has 0 fully saturated rings. The lowest BCUT2D eigenvalue weighted by atomic mass is 10.1. The van der Waals surface area contributed by atoms with Gasteiger partial charge in [-0.15, -0.1) is 0 Å². The van der Waals surface area contributed by atoms with Crippen LogP contribution in [0.1, 0.15) is 103 Å². The first-order valence-electron chi connectivity index (χ1n) is 12.2. The summed E-state index contributed by atoms with van der Waals surface area (Å²) in [5, 5.41) is 18.5. The van der Waals surface area contributed by atoms with Crippen molar-refractivity contribution in [3.63, 3.8) is 0 Å². The minimum atomic E-state index is -0.858. The van der Waals surface area contributed by atoms with Crippen molar-refractivity contribution in [3.05, 3.63) is 24.6 Å². The molecule has 1 unspecified atom stereocenters. The number of amidine groups is 1. The molecule has 1 aliphatic rings. The highest BCUT2D eigenvalue weighted by Gasteiger charge is 2.36. The second-order valence-corrected chi connectivity index (χ2v) is 8.56. The molecule has 1 rings (SSSR count). The van der Waals surface area contributed by atoms with Gasteiger partial charge in [0.25, 0.3) is 0 Å². The number of hydrogen-bond donors (Lipinski definition) is 2. The van der Waals surface area contributed by atoms with E-state index in [1.807, 2.05) is 0 Å². The summed E-state index contributed by atoms with van der Waals surface area (Å²) in [6, 6.07) is 0. The van der Waals surface area contributed by atoms with Gasteiger partial charge in [-0.05, 0) is 32.1 Å². The molecule has 2 N–H and O–H groups in total. The number of nitrogens with zero attached hydrogens (tertiary/aromatic N) is 2. The number of carboxylic acid groups (broad SMARTS) is 1. The number of allylic oxidation sites excluding steroid dienone is 2. The molecule has 30 heavy (non-hydrogen) atoms. The molecule has 0 radical (unpaired) electrons. The van der Waals surface area contributed by atoms with Crippen molar-refractivity contribution in [2.24, 2.45) is 4.99 Å². The highest BCUT2D eigenvalue weighted by Crippen LogP contribution is 2.21. The van der Waals surface area contributed by atoms with Gasteiger partial charge in [-0.2, -0.15) is 0 Å². The van der Waals surface area contributed by atoms with Crippen LogP contribution in [0, 0.1) is 0 Å². The van der Waals surface area contributed by atoms with Crippen LogP contribution >= 0.6 is 0 Å². The van der Waals surface area contributed by atoms with E-state index < -0.39 is 5.97 Å². The van der Waals surface area contributed by atoms with E-state index in [2.05, 4.69) is 24.1 Å². The van der Waals surface area contributed by atoms with Gasteiger partial charge in [0.1, 0.15) is 12.7 Å². The monoisotopic (exact) mass is 421 g/mol. The Morgan fingerprint density at radius 1 is 0.933 bits per heavy atom. The van der Waals surface area contributed by atoms with E-state index in [4.69, 9.17) is 0 Å². The summed E-state index contributed by atoms with van der Waals surface area (Å²) < 4.78 is 0.177. The lowest BCUT2D eigenvalue weighted by molar-refractivity contribution is -0.780. The van der Waals surface area contributed by atoms with Crippen LogP contribution < -0.4 is 0 Å². The Bertz CT molecular complexity index is 543. The van der Waals surface area contributed by atoms with Gasteiger partial charge in [0, 0.05) is 6.42 Å². The third kappa shape index (κ3) is 11.7. The lowest BCUT2D eigenvalue weighted by Crippen LogP contribution is -2.51. The zero-order valence-electron chi connectivity index (χ0n) is 19.2. The Hall–Kier alpha value is -1.46. The van der Waals surface area contributed by atoms with Crippen molar-refractivity contribution >= 4 is 11.8 Å². The second kappa shape index (κ2) is 17.2. The molecule has 0 spiro atoms. The maximum absolute atomic E-state index is 11.2. The van der Waals surface area contributed by atoms with E-state index in [0.29, 0.717) is 6.54 Å². The normalized spacial score (nSPS) is 18.4. The largest absolute Gasteiger partial charge is 0.477 e. The summed E-state index contributed by atoms with van der Waals surface area (Å²) >= 11 is 0. The smallest absolute Gasteiger partial charge is 0.360 e. The molecule has 5 nitrogen and oxygen atoms in total. The first-order chi connectivity index (χ1) is 14.6. The van der Waals surface area contributed by atoms with Crippen molar-refractivity contribution in [1.82, 2.24) is 0 Å². The fraction of sp³-hybridized carbons (Fsp3) is 0.760. The molecule has 1 aliphatic heterocycles. The molecular formula is C25H45N2O3+. The van der Waals surface area contributed by atoms with Gasteiger partial charge in [0.2, 0.25) is 5.84 Å². The molecular weight excluding hydrogens is 376 g/mol. The number of aliphatic carboxylic acids is 1. The second-order valence-electron chi connectivity index (χ2n) is 8.56. The van der Waals surface area contributed by atoms with E-state index in [0.717, 1.165) is 25.1 Å². The first kappa shape index (κ1) is 26.6. The number of aliphatic imine (C=N–C) groups is 1. The first-order valence-corrected chi connectivity index (χ1v) is 12.2. The number of unbranched alkanes of at least 4 members (excludes halogenated alkanes) is 12. The summed E-state index contributed by atoms with van der Waals surface area (Å²) in [5.74, 6) is 0.0191. The summed E-state index contributed by atoms with van der Waals surface area (Å²) in [7, 11) is 0. The van der Waals surface area contributed by atoms with Crippen LogP contribution in [0.15, 0.2) is 29.5 Å². The zero-order chi connectivity index (χ0) is 21.9. The fourth-order valence-electron chi connectivity index (χ4n) is 4.11. The number of quaternary nitrogens is 1. The number of aliphatic hydroxyl groups is 1. The zero-order valence-corrected chi connectivity index (χ0v) is 19.2. The predicted molar refractivity (Wildman–Crippen MR) is 125 cm³/mol. The molecule has 1 heterocycles. The molecule has 0 aromatic carbocycles. The minimum absolute atomic E-state index is 0.0377. The van der Waals surface area contributed by atoms with E-state index in [-0.39, 0.29) is 17.6 Å². The topological polar surface area (TPSA) is 69.9 Å². The standard InChI is InChI=1S/C25H44N2O3/c1-2-3-4-5-6-7-8-9-10-11-12-13-14-15-16-17-18-24-26-19-20-27(24,21-22-28)23-25(29)30/h9-10,19-20,28H,2-8,11-18,21-23H2,1H3/p+1/b10-9-. The van der Waals surface area contributed by atoms with Crippen LogP contribution in [0.3, 0.4) is 0 Å². The average Bonchev–Trinajstić information content (AvgIpc) is 3.09. The maximum atomic E-state index is 11.2. The Morgan fingerprint density at radius 2 is 1.50 bits per heavy atom. The molecule has 5 heteroatoms. The number of carbonyl (C=O) groups is 1. The Labute approximate surface area is 184 Å². The van der Waals surface area contributed by atoms with Gasteiger partial charge < -0.3 is 10.2 Å². The van der Waals surface area contributed by atoms with Crippen molar-refractivity contribution in [2.45, 2.75) is 103 Å². The van der Waals surface area contributed by atoms with Gasteiger partial charge >= 0.3 is 5.97 Å². The van der Waals surface area contributed by atoms with Crippen molar-refractivity contribution in [1.29, 1.82) is 0 Å². The molecule has 1 atom stereocenters. The predicted octanol–water partition coefficient (Wildman–Crippen LogP) is 6.19. The molecule has 0 amide bonds. The van der Waals surface area contributed by atoms with E-state index in [1.54, 1.807) is 12.4 Å². The highest BCUT2D eigenvalue weighted by molar-refractivity contribution is 5.81. The molecule has 0 aromatic heterocycles. The van der Waals surface area contributed by atoms with Gasteiger partial charge in [0.05, 0.1) is 12.8 Å². The van der Waals surface area contributed by atoms with E-state index >= 15 is 0 Å². The van der Waals surface area contributed by atoms with Gasteiger partial charge in [-0.1, -0.05) is 76.9 Å². The van der Waals surface area contributed by atoms with E-state index in [9.17, 15) is 15.0 Å². The Kier molecular flexibility index (Phi) is 15.3. The minimum Gasteiger partial charge on any atom is -0.477 e. The van der Waals surface area contributed by atoms with Crippen LogP contribution in [-0.2, 0) is 4.79 Å². The molecule has 0 bridgehead atoms. The van der Waals surface area contributed by atoms with Crippen molar-refractivity contribution in [2.75, 3.05) is 19.7 Å². The van der Waals surface area contributed by atoms with E-state index in [1.165, 1.54) is 77.0 Å². The molecule has 0 saturated carbocycles. The number of aliphatic hydroxyl groups excluding tert-OH is 1. The molecule has 0 aromatic rings. The van der Waals surface area contributed by atoms with Crippen molar-refractivity contribution in [3.8, 4) is 0 Å². The van der Waals surface area contributed by atoms with Gasteiger partial charge in [-0.25, -0.2) is 14.3 Å². The molecule has 172 valence electrons. The summed E-state index contributed by atoms with van der Waals surface area (Å²) in [5.41, 5.74) is 0. The maximum Gasteiger partial charge on any atom is 0.360 e. The van der Waals surface area contributed by atoms with Crippen LogP contribution in [-0.4, -0.2) is 46.2 Å². The fourth-order valence-corrected chi connectivity index (χ4v) is 4.11. The van der Waals surface area contributed by atoms with Crippen LogP contribution in [0.5, 0.6) is 0 Å². The third-order valence-electron chi connectivity index (χ3n) is 5.92. The molecule has 0 aliphatic carbocycles. The Balaban J connectivity index is 2.00. The van der Waals surface area contributed by atoms with Crippen LogP contribution in [0.2, 0.25) is 0 Å². The van der Waals surface area contributed by atoms with Crippen LogP contribution in [0.4, 0.5) is 0 Å². The number of hydrogen-bond acceptors (Lipinski definition) is 3. The Morgan fingerprint density at radius 3 is 2.07 bits per heavy atom. The number of carboxylic acids is 1. The van der Waals surface area contributed by atoms with Gasteiger partial charge in [0.15, 0.2) is 6.54 Å². The average molecular weight is 422 g/mol. The molecule has 0 saturated heterocycles. The summed E-state index contributed by atoms with van der Waals surface area (Å²) in [6.07, 6.45) is 26.9. The lowest BCUT2D eigenvalue weighted by Gasteiger charge is -2.30. The van der Waals surface area contributed by atoms with Crippen molar-refractivity contribution < 1.29 is 19.5 Å². The van der Waals surface area contributed by atoms with Gasteiger partial charge in [-0.3, -0.25) is 0 Å².